The Morgan fingerprint density at radius 2 is 1.81 bits per heavy atom. The largest absolute Gasteiger partial charge is 0.312 e. The van der Waals surface area contributed by atoms with E-state index < -0.39 is 0 Å². The van der Waals surface area contributed by atoms with Crippen LogP contribution in [-0.4, -0.2) is 7.05 Å². The highest BCUT2D eigenvalue weighted by Gasteiger charge is 2.13. The zero-order valence-corrected chi connectivity index (χ0v) is 13.6. The first-order valence-corrected chi connectivity index (χ1v) is 8.21. The predicted octanol–water partition coefficient (Wildman–Crippen LogP) is 5.02. The highest BCUT2D eigenvalue weighted by atomic mass is 32.1. The number of rotatable bonds is 4. The van der Waals surface area contributed by atoms with Gasteiger partial charge in [0, 0.05) is 15.6 Å². The number of hydrogen-bond donors (Lipinski definition) is 1. The molecule has 1 heterocycles. The Balaban J connectivity index is 1.88. The summed E-state index contributed by atoms with van der Waals surface area (Å²) in [5.41, 5.74) is 4.13. The molecule has 2 heteroatoms. The van der Waals surface area contributed by atoms with Crippen LogP contribution in [-0.2, 0) is 6.42 Å². The van der Waals surface area contributed by atoms with E-state index in [1.165, 1.54) is 31.7 Å². The quantitative estimate of drug-likeness (QED) is 0.712. The minimum absolute atomic E-state index is 0.379. The van der Waals surface area contributed by atoms with E-state index in [9.17, 15) is 0 Å². The standard InChI is InChI=1S/C19H21NS/c1-13-8-9-15(10-14(13)2)11-17(20-3)19-12-16-6-4-5-7-18(16)21-19/h4-10,12,17,20H,11H2,1-3H3. The van der Waals surface area contributed by atoms with Crippen LogP contribution < -0.4 is 5.32 Å². The van der Waals surface area contributed by atoms with Crippen LogP contribution in [0.1, 0.15) is 27.6 Å². The van der Waals surface area contributed by atoms with Crippen LogP contribution in [0.5, 0.6) is 0 Å². The van der Waals surface area contributed by atoms with Crippen molar-refractivity contribution in [3.8, 4) is 0 Å². The van der Waals surface area contributed by atoms with E-state index >= 15 is 0 Å². The number of likely N-dealkylation sites (N-methyl/N-ethyl adjacent to an activating group) is 1. The van der Waals surface area contributed by atoms with Crippen LogP contribution in [0.2, 0.25) is 0 Å². The SMILES string of the molecule is CNC(Cc1ccc(C)c(C)c1)c1cc2ccccc2s1. The van der Waals surface area contributed by atoms with Crippen molar-refractivity contribution in [2.45, 2.75) is 26.3 Å². The summed E-state index contributed by atoms with van der Waals surface area (Å²) in [6.45, 7) is 4.35. The Bertz CT molecular complexity index is 724. The lowest BCUT2D eigenvalue weighted by molar-refractivity contribution is 0.602. The maximum Gasteiger partial charge on any atom is 0.0453 e. The van der Waals surface area contributed by atoms with Crippen molar-refractivity contribution >= 4 is 21.4 Å². The molecule has 0 aliphatic carbocycles. The summed E-state index contributed by atoms with van der Waals surface area (Å²) in [5, 5.41) is 4.82. The summed E-state index contributed by atoms with van der Waals surface area (Å²) in [6.07, 6.45) is 1.03. The molecule has 1 nitrogen and oxygen atoms in total. The van der Waals surface area contributed by atoms with Crippen molar-refractivity contribution < 1.29 is 0 Å². The zero-order valence-electron chi connectivity index (χ0n) is 12.8. The van der Waals surface area contributed by atoms with Gasteiger partial charge in [0.25, 0.3) is 0 Å². The minimum atomic E-state index is 0.379. The van der Waals surface area contributed by atoms with Gasteiger partial charge in [0.15, 0.2) is 0 Å². The highest BCUT2D eigenvalue weighted by molar-refractivity contribution is 7.19. The number of aryl methyl sites for hydroxylation is 2. The van der Waals surface area contributed by atoms with E-state index in [2.05, 4.69) is 74.7 Å². The molecular weight excluding hydrogens is 274 g/mol. The Morgan fingerprint density at radius 1 is 1.00 bits per heavy atom. The first kappa shape index (κ1) is 14.3. The van der Waals surface area contributed by atoms with E-state index in [1.54, 1.807) is 0 Å². The van der Waals surface area contributed by atoms with Crippen molar-refractivity contribution in [3.63, 3.8) is 0 Å². The van der Waals surface area contributed by atoms with E-state index in [1.807, 2.05) is 11.3 Å². The first-order chi connectivity index (χ1) is 10.2. The van der Waals surface area contributed by atoms with Crippen LogP contribution in [0.15, 0.2) is 48.5 Å². The average molecular weight is 295 g/mol. The molecule has 0 aliphatic rings. The van der Waals surface area contributed by atoms with Gasteiger partial charge in [0.2, 0.25) is 0 Å². The summed E-state index contributed by atoms with van der Waals surface area (Å²) < 4.78 is 1.37. The second kappa shape index (κ2) is 6.00. The van der Waals surface area contributed by atoms with Gasteiger partial charge < -0.3 is 5.32 Å². The summed E-state index contributed by atoms with van der Waals surface area (Å²) in [7, 11) is 2.05. The van der Waals surface area contributed by atoms with Crippen molar-refractivity contribution in [2.24, 2.45) is 0 Å². The molecule has 1 unspecified atom stereocenters. The van der Waals surface area contributed by atoms with Crippen LogP contribution in [0, 0.1) is 13.8 Å². The maximum absolute atomic E-state index is 3.47. The third kappa shape index (κ3) is 3.02. The van der Waals surface area contributed by atoms with Gasteiger partial charge in [-0.05, 0) is 61.5 Å². The average Bonchev–Trinajstić information content (AvgIpc) is 2.92. The fourth-order valence-corrected chi connectivity index (χ4v) is 3.86. The van der Waals surface area contributed by atoms with Crippen molar-refractivity contribution in [3.05, 3.63) is 70.1 Å². The van der Waals surface area contributed by atoms with Crippen LogP contribution in [0.4, 0.5) is 0 Å². The van der Waals surface area contributed by atoms with Crippen LogP contribution in [0.25, 0.3) is 10.1 Å². The van der Waals surface area contributed by atoms with Gasteiger partial charge in [0.1, 0.15) is 0 Å². The summed E-state index contributed by atoms with van der Waals surface area (Å²) >= 11 is 1.89. The first-order valence-electron chi connectivity index (χ1n) is 7.39. The fraction of sp³-hybridized carbons (Fsp3) is 0.263. The number of nitrogens with one attached hydrogen (secondary N) is 1. The second-order valence-electron chi connectivity index (χ2n) is 5.65. The van der Waals surface area contributed by atoms with E-state index in [4.69, 9.17) is 0 Å². The topological polar surface area (TPSA) is 12.0 Å². The summed E-state index contributed by atoms with van der Waals surface area (Å²) in [5.74, 6) is 0. The molecule has 0 aliphatic heterocycles. The van der Waals surface area contributed by atoms with Gasteiger partial charge in [0.05, 0.1) is 0 Å². The molecule has 108 valence electrons. The Kier molecular flexibility index (Phi) is 4.09. The van der Waals surface area contributed by atoms with Gasteiger partial charge in [-0.1, -0.05) is 36.4 Å². The third-order valence-electron chi connectivity index (χ3n) is 4.15. The van der Waals surface area contributed by atoms with Gasteiger partial charge in [-0.2, -0.15) is 0 Å². The van der Waals surface area contributed by atoms with Crippen molar-refractivity contribution in [1.82, 2.24) is 5.32 Å². The Hall–Kier alpha value is -1.64. The molecule has 1 N–H and O–H groups in total. The molecule has 2 aromatic carbocycles. The summed E-state index contributed by atoms with van der Waals surface area (Å²) in [6, 6.07) is 18.1. The molecule has 0 radical (unpaired) electrons. The highest BCUT2D eigenvalue weighted by Crippen LogP contribution is 2.31. The number of benzene rings is 2. The molecule has 1 aromatic heterocycles. The second-order valence-corrected chi connectivity index (χ2v) is 6.77. The van der Waals surface area contributed by atoms with Gasteiger partial charge in [-0.25, -0.2) is 0 Å². The van der Waals surface area contributed by atoms with Gasteiger partial charge in [-0.15, -0.1) is 11.3 Å². The molecule has 1 atom stereocenters. The van der Waals surface area contributed by atoms with E-state index in [0.29, 0.717) is 6.04 Å². The molecule has 0 bridgehead atoms. The van der Waals surface area contributed by atoms with Gasteiger partial charge in [-0.3, -0.25) is 0 Å². The van der Waals surface area contributed by atoms with Crippen molar-refractivity contribution in [1.29, 1.82) is 0 Å². The lowest BCUT2D eigenvalue weighted by Crippen LogP contribution is -2.17. The molecule has 0 saturated carbocycles. The van der Waals surface area contributed by atoms with E-state index in [0.717, 1.165) is 6.42 Å². The third-order valence-corrected chi connectivity index (χ3v) is 5.38. The molecule has 3 aromatic rings. The lowest BCUT2D eigenvalue weighted by atomic mass is 10.00. The monoisotopic (exact) mass is 295 g/mol. The fourth-order valence-electron chi connectivity index (χ4n) is 2.69. The minimum Gasteiger partial charge on any atom is -0.312 e. The molecule has 21 heavy (non-hydrogen) atoms. The van der Waals surface area contributed by atoms with Gasteiger partial charge >= 0.3 is 0 Å². The lowest BCUT2D eigenvalue weighted by Gasteiger charge is -2.15. The molecule has 0 fully saturated rings. The maximum atomic E-state index is 3.47. The predicted molar refractivity (Wildman–Crippen MR) is 93.2 cm³/mol. The molecule has 0 spiro atoms. The normalized spacial score (nSPS) is 12.7. The zero-order chi connectivity index (χ0) is 14.8. The summed E-state index contributed by atoms with van der Waals surface area (Å²) in [4.78, 5) is 1.41. The van der Waals surface area contributed by atoms with E-state index in [-0.39, 0.29) is 0 Å². The number of hydrogen-bond acceptors (Lipinski definition) is 2. The number of fused-ring (bicyclic) bond motifs is 1. The van der Waals surface area contributed by atoms with Crippen molar-refractivity contribution in [2.75, 3.05) is 7.05 Å². The Labute approximate surface area is 130 Å². The van der Waals surface area contributed by atoms with Crippen LogP contribution in [0.3, 0.4) is 0 Å². The Morgan fingerprint density at radius 3 is 2.52 bits per heavy atom. The molecular formula is C19H21NS. The molecule has 0 amide bonds. The smallest absolute Gasteiger partial charge is 0.0453 e. The molecule has 3 rings (SSSR count). The number of thiophene rings is 1. The van der Waals surface area contributed by atoms with Crippen LogP contribution >= 0.6 is 11.3 Å². The molecule has 0 saturated heterocycles.